The first-order valence-corrected chi connectivity index (χ1v) is 6.30. The molecule has 0 saturated heterocycles. The Hall–Kier alpha value is -2.22. The first kappa shape index (κ1) is 16.8. The van der Waals surface area contributed by atoms with E-state index in [9.17, 15) is 18.4 Å². The number of halogens is 2. The van der Waals surface area contributed by atoms with E-state index in [0.717, 1.165) is 6.07 Å². The third kappa shape index (κ3) is 5.35. The molecule has 1 rings (SSSR count). The van der Waals surface area contributed by atoms with Gasteiger partial charge in [-0.15, -0.1) is 0 Å². The topological polar surface area (TPSA) is 87.7 Å². The second-order valence-corrected chi connectivity index (χ2v) is 4.05. The van der Waals surface area contributed by atoms with E-state index in [4.69, 9.17) is 9.84 Å². The van der Waals surface area contributed by atoms with Gasteiger partial charge >= 0.3 is 12.0 Å². The maximum absolute atomic E-state index is 13.4. The third-order valence-corrected chi connectivity index (χ3v) is 2.49. The largest absolute Gasteiger partial charge is 0.478 e. The summed E-state index contributed by atoms with van der Waals surface area (Å²) in [5.74, 6) is -3.81. The van der Waals surface area contributed by atoms with Crippen LogP contribution in [-0.4, -0.2) is 36.9 Å². The number of rotatable bonds is 7. The molecule has 8 heteroatoms. The molecule has 0 aliphatic carbocycles. The van der Waals surface area contributed by atoms with E-state index in [1.165, 1.54) is 0 Å². The number of aromatic carboxylic acids is 1. The molecule has 1 aromatic carbocycles. The minimum absolute atomic E-state index is 0.306. The average Bonchev–Trinajstić information content (AvgIpc) is 2.41. The Bertz CT molecular complexity index is 523. The highest BCUT2D eigenvalue weighted by Crippen LogP contribution is 2.19. The zero-order valence-corrected chi connectivity index (χ0v) is 11.4. The van der Waals surface area contributed by atoms with Gasteiger partial charge in [0, 0.05) is 25.8 Å². The molecule has 0 aromatic heterocycles. The zero-order chi connectivity index (χ0) is 15.8. The molecule has 0 fully saturated rings. The van der Waals surface area contributed by atoms with Gasteiger partial charge in [-0.3, -0.25) is 0 Å². The Morgan fingerprint density at radius 3 is 2.62 bits per heavy atom. The number of hydrogen-bond donors (Lipinski definition) is 3. The molecule has 3 N–H and O–H groups in total. The molecule has 0 atom stereocenters. The minimum atomic E-state index is -1.55. The molecule has 6 nitrogen and oxygen atoms in total. The van der Waals surface area contributed by atoms with Gasteiger partial charge in [0.05, 0.1) is 11.3 Å². The van der Waals surface area contributed by atoms with Gasteiger partial charge < -0.3 is 20.5 Å². The lowest BCUT2D eigenvalue weighted by molar-refractivity contribution is 0.0691. The fourth-order valence-electron chi connectivity index (χ4n) is 1.50. The zero-order valence-electron chi connectivity index (χ0n) is 11.4. The van der Waals surface area contributed by atoms with Crippen LogP contribution in [-0.2, 0) is 4.74 Å². The van der Waals surface area contributed by atoms with Crippen LogP contribution in [0.3, 0.4) is 0 Å². The number of ether oxygens (including phenoxy) is 1. The predicted molar refractivity (Wildman–Crippen MR) is 71.4 cm³/mol. The Morgan fingerprint density at radius 2 is 2.00 bits per heavy atom. The van der Waals surface area contributed by atoms with E-state index >= 15 is 0 Å². The first-order valence-electron chi connectivity index (χ1n) is 6.30. The summed E-state index contributed by atoms with van der Waals surface area (Å²) in [4.78, 5) is 22.2. The fourth-order valence-corrected chi connectivity index (χ4v) is 1.50. The average molecular weight is 302 g/mol. The predicted octanol–water partition coefficient (Wildman–Crippen LogP) is 2.21. The highest BCUT2D eigenvalue weighted by atomic mass is 19.1. The number of benzene rings is 1. The Kier molecular flexibility index (Phi) is 6.54. The van der Waals surface area contributed by atoms with E-state index < -0.39 is 34.9 Å². The molecule has 0 saturated carbocycles. The summed E-state index contributed by atoms with van der Waals surface area (Å²) in [5, 5.41) is 13.3. The molecule has 0 aliphatic rings. The molecule has 0 heterocycles. The van der Waals surface area contributed by atoms with Gasteiger partial charge in [0.1, 0.15) is 11.6 Å². The Morgan fingerprint density at radius 1 is 1.29 bits per heavy atom. The van der Waals surface area contributed by atoms with E-state index in [1.807, 2.05) is 6.92 Å². The maximum Gasteiger partial charge on any atom is 0.338 e. The van der Waals surface area contributed by atoms with Crippen molar-refractivity contribution in [2.45, 2.75) is 13.3 Å². The van der Waals surface area contributed by atoms with Gasteiger partial charge in [-0.05, 0) is 19.4 Å². The molecule has 1 aromatic rings. The third-order valence-electron chi connectivity index (χ3n) is 2.49. The van der Waals surface area contributed by atoms with Crippen molar-refractivity contribution >= 4 is 17.7 Å². The van der Waals surface area contributed by atoms with Gasteiger partial charge in [-0.25, -0.2) is 18.4 Å². The molecule has 0 aliphatic heterocycles. The number of urea groups is 1. The van der Waals surface area contributed by atoms with Crippen LogP contribution in [0.25, 0.3) is 0 Å². The van der Waals surface area contributed by atoms with Crippen LogP contribution in [0, 0.1) is 11.6 Å². The van der Waals surface area contributed by atoms with Gasteiger partial charge in [0.25, 0.3) is 0 Å². The quantitative estimate of drug-likeness (QED) is 0.674. The van der Waals surface area contributed by atoms with Crippen LogP contribution in [0.2, 0.25) is 0 Å². The smallest absolute Gasteiger partial charge is 0.338 e. The van der Waals surface area contributed by atoms with E-state index in [0.29, 0.717) is 32.2 Å². The van der Waals surface area contributed by atoms with Crippen LogP contribution in [0.5, 0.6) is 0 Å². The normalized spacial score (nSPS) is 10.2. The molecule has 0 radical (unpaired) electrons. The second-order valence-electron chi connectivity index (χ2n) is 4.05. The molecule has 0 spiro atoms. The number of carboxylic acids is 1. The lowest BCUT2D eigenvalue weighted by atomic mass is 10.2. The highest BCUT2D eigenvalue weighted by molar-refractivity contribution is 5.93. The first-order chi connectivity index (χ1) is 9.95. The monoisotopic (exact) mass is 302 g/mol. The number of amides is 2. The molecule has 2 amide bonds. The molecular weight excluding hydrogens is 286 g/mol. The number of carbonyl (C=O) groups is 2. The van der Waals surface area contributed by atoms with Crippen molar-refractivity contribution in [3.63, 3.8) is 0 Å². The molecular formula is C13H16F2N2O4. The summed E-state index contributed by atoms with van der Waals surface area (Å²) in [7, 11) is 0. The van der Waals surface area contributed by atoms with Crippen LogP contribution in [0.15, 0.2) is 12.1 Å². The van der Waals surface area contributed by atoms with Crippen LogP contribution in [0.4, 0.5) is 19.3 Å². The lowest BCUT2D eigenvalue weighted by Gasteiger charge is -2.09. The summed E-state index contributed by atoms with van der Waals surface area (Å²) < 4.78 is 31.7. The van der Waals surface area contributed by atoms with Gasteiger partial charge in [-0.1, -0.05) is 0 Å². The molecule has 116 valence electrons. The van der Waals surface area contributed by atoms with Crippen molar-refractivity contribution in [1.29, 1.82) is 0 Å². The number of nitrogens with one attached hydrogen (secondary N) is 2. The van der Waals surface area contributed by atoms with Gasteiger partial charge in [0.15, 0.2) is 0 Å². The van der Waals surface area contributed by atoms with Crippen molar-refractivity contribution in [3.05, 3.63) is 29.3 Å². The highest BCUT2D eigenvalue weighted by Gasteiger charge is 2.16. The van der Waals surface area contributed by atoms with E-state index in [-0.39, 0.29) is 0 Å². The van der Waals surface area contributed by atoms with Crippen LogP contribution in [0.1, 0.15) is 23.7 Å². The van der Waals surface area contributed by atoms with Crippen molar-refractivity contribution in [2.24, 2.45) is 0 Å². The van der Waals surface area contributed by atoms with Gasteiger partial charge in [0.2, 0.25) is 0 Å². The van der Waals surface area contributed by atoms with Crippen LogP contribution >= 0.6 is 0 Å². The van der Waals surface area contributed by atoms with Crippen molar-refractivity contribution < 1.29 is 28.2 Å². The summed E-state index contributed by atoms with van der Waals surface area (Å²) >= 11 is 0. The molecule has 0 bridgehead atoms. The number of carboxylic acid groups (broad SMARTS) is 1. The van der Waals surface area contributed by atoms with Crippen LogP contribution < -0.4 is 10.6 Å². The summed E-state index contributed by atoms with van der Waals surface area (Å²) in [6.45, 7) is 3.20. The SMILES string of the molecule is CCOCCCNC(=O)Nc1cc(C(=O)O)c(F)cc1F. The summed E-state index contributed by atoms with van der Waals surface area (Å²) in [5.41, 5.74) is -1.13. The number of hydrogen-bond acceptors (Lipinski definition) is 3. The van der Waals surface area contributed by atoms with Gasteiger partial charge in [-0.2, -0.15) is 0 Å². The maximum atomic E-state index is 13.4. The van der Waals surface area contributed by atoms with Crippen molar-refractivity contribution in [3.8, 4) is 0 Å². The summed E-state index contributed by atoms with van der Waals surface area (Å²) in [6, 6.07) is 0.425. The fraction of sp³-hybridized carbons (Fsp3) is 0.385. The van der Waals surface area contributed by atoms with Crippen molar-refractivity contribution in [1.82, 2.24) is 5.32 Å². The Balaban J connectivity index is 2.59. The number of anilines is 1. The molecule has 0 unspecified atom stereocenters. The second kappa shape index (κ2) is 8.15. The standard InChI is InChI=1S/C13H16F2N2O4/c1-2-21-5-3-4-16-13(20)17-11-6-8(12(18)19)9(14)7-10(11)15/h6-7H,2-5H2,1H3,(H,18,19)(H2,16,17,20). The summed E-state index contributed by atoms with van der Waals surface area (Å²) in [6.07, 6.45) is 0.577. The minimum Gasteiger partial charge on any atom is -0.478 e. The van der Waals surface area contributed by atoms with E-state index in [1.54, 1.807) is 0 Å². The van der Waals surface area contributed by atoms with E-state index in [2.05, 4.69) is 10.6 Å². The van der Waals surface area contributed by atoms with Crippen molar-refractivity contribution in [2.75, 3.05) is 25.1 Å². The molecule has 21 heavy (non-hydrogen) atoms. The Labute approximate surface area is 120 Å². The lowest BCUT2D eigenvalue weighted by Crippen LogP contribution is -2.30. The number of carbonyl (C=O) groups excluding carboxylic acids is 1.